The molecule has 0 atom stereocenters. The Morgan fingerprint density at radius 3 is 3.17 bits per heavy atom. The number of hydrogen-bond acceptors (Lipinski definition) is 5. The number of nitrogen functional groups attached to an aromatic ring is 1. The van der Waals surface area contributed by atoms with Gasteiger partial charge in [0.2, 0.25) is 0 Å². The third-order valence-electron chi connectivity index (χ3n) is 2.38. The van der Waals surface area contributed by atoms with Crippen LogP contribution in [0.1, 0.15) is 21.8 Å². The highest BCUT2D eigenvalue weighted by Crippen LogP contribution is 2.16. The van der Waals surface area contributed by atoms with E-state index in [1.54, 1.807) is 18.3 Å². The number of amides is 1. The zero-order valence-corrected chi connectivity index (χ0v) is 9.84. The van der Waals surface area contributed by atoms with Gasteiger partial charge in [0, 0.05) is 6.20 Å². The molecule has 0 saturated carbocycles. The number of hydrogen-bond donors (Lipinski definition) is 2. The van der Waals surface area contributed by atoms with E-state index in [1.165, 1.54) is 6.26 Å². The Kier molecular flexibility index (Phi) is 3.59. The van der Waals surface area contributed by atoms with Gasteiger partial charge in [-0.25, -0.2) is 5.84 Å². The molecule has 0 fully saturated rings. The molecule has 2 rings (SSSR count). The summed E-state index contributed by atoms with van der Waals surface area (Å²) < 4.78 is 10.7. The maximum absolute atomic E-state index is 11.2. The smallest absolute Gasteiger partial charge is 0.268 e. The third kappa shape index (κ3) is 2.67. The van der Waals surface area contributed by atoms with Gasteiger partial charge in [-0.2, -0.15) is 0 Å². The number of pyridine rings is 1. The Balaban J connectivity index is 2.01. The van der Waals surface area contributed by atoms with Crippen molar-refractivity contribution >= 4 is 5.91 Å². The molecule has 6 nitrogen and oxygen atoms in total. The standard InChI is InChI=1S/C12H13N3O3/c1-8-11(3-2-4-14-8)18-7-10-5-9(6-17-10)12(16)15-13/h2-6H,7,13H2,1H3,(H,15,16). The quantitative estimate of drug-likeness (QED) is 0.480. The van der Waals surface area contributed by atoms with Crippen molar-refractivity contribution in [3.63, 3.8) is 0 Å². The summed E-state index contributed by atoms with van der Waals surface area (Å²) in [5, 5.41) is 0. The highest BCUT2D eigenvalue weighted by atomic mass is 16.5. The van der Waals surface area contributed by atoms with E-state index >= 15 is 0 Å². The van der Waals surface area contributed by atoms with Gasteiger partial charge in [-0.3, -0.25) is 15.2 Å². The fourth-order valence-electron chi connectivity index (χ4n) is 1.43. The van der Waals surface area contributed by atoms with E-state index in [2.05, 4.69) is 4.98 Å². The molecule has 0 saturated heterocycles. The number of hydrazine groups is 1. The van der Waals surface area contributed by atoms with Gasteiger partial charge >= 0.3 is 0 Å². The molecule has 2 aromatic rings. The molecule has 18 heavy (non-hydrogen) atoms. The van der Waals surface area contributed by atoms with Gasteiger partial charge < -0.3 is 9.15 Å². The number of carbonyl (C=O) groups is 1. The zero-order chi connectivity index (χ0) is 13.0. The maximum atomic E-state index is 11.2. The first kappa shape index (κ1) is 12.1. The second-order valence-corrected chi connectivity index (χ2v) is 3.65. The van der Waals surface area contributed by atoms with E-state index in [9.17, 15) is 4.79 Å². The van der Waals surface area contributed by atoms with E-state index in [0.29, 0.717) is 17.1 Å². The molecule has 0 aliphatic heterocycles. The molecule has 3 N–H and O–H groups in total. The summed E-state index contributed by atoms with van der Waals surface area (Å²) in [6.45, 7) is 2.08. The number of aryl methyl sites for hydroxylation is 1. The summed E-state index contributed by atoms with van der Waals surface area (Å²) >= 11 is 0. The minimum Gasteiger partial charge on any atom is -0.484 e. The lowest BCUT2D eigenvalue weighted by molar-refractivity contribution is 0.0953. The molecule has 2 heterocycles. The first-order valence-corrected chi connectivity index (χ1v) is 5.33. The first-order valence-electron chi connectivity index (χ1n) is 5.33. The Morgan fingerprint density at radius 2 is 2.44 bits per heavy atom. The monoisotopic (exact) mass is 247 g/mol. The second kappa shape index (κ2) is 5.33. The van der Waals surface area contributed by atoms with E-state index < -0.39 is 5.91 Å². The van der Waals surface area contributed by atoms with Gasteiger partial charge in [0.05, 0.1) is 11.3 Å². The molecule has 0 bridgehead atoms. The third-order valence-corrected chi connectivity index (χ3v) is 2.38. The molecule has 2 aromatic heterocycles. The van der Waals surface area contributed by atoms with E-state index in [1.807, 2.05) is 18.4 Å². The molecule has 6 heteroatoms. The van der Waals surface area contributed by atoms with Crippen LogP contribution in [0.25, 0.3) is 0 Å². The number of carbonyl (C=O) groups excluding carboxylic acids is 1. The van der Waals surface area contributed by atoms with E-state index in [-0.39, 0.29) is 6.61 Å². The summed E-state index contributed by atoms with van der Waals surface area (Å²) in [6, 6.07) is 5.18. The van der Waals surface area contributed by atoms with Crippen molar-refractivity contribution in [2.75, 3.05) is 0 Å². The van der Waals surface area contributed by atoms with Crippen LogP contribution < -0.4 is 16.0 Å². The van der Waals surface area contributed by atoms with Crippen molar-refractivity contribution in [3.05, 3.63) is 47.7 Å². The Labute approximate surface area is 104 Å². The molecule has 0 unspecified atom stereocenters. The molecule has 0 spiro atoms. The van der Waals surface area contributed by atoms with Gasteiger partial charge in [0.25, 0.3) is 5.91 Å². The number of nitrogens with zero attached hydrogens (tertiary/aromatic N) is 1. The normalized spacial score (nSPS) is 10.1. The second-order valence-electron chi connectivity index (χ2n) is 3.65. The van der Waals surface area contributed by atoms with Crippen LogP contribution >= 0.6 is 0 Å². The molecular weight excluding hydrogens is 234 g/mol. The van der Waals surface area contributed by atoms with Crippen LogP contribution in [0.2, 0.25) is 0 Å². The Morgan fingerprint density at radius 1 is 1.61 bits per heavy atom. The van der Waals surface area contributed by atoms with Crippen molar-refractivity contribution in [1.82, 2.24) is 10.4 Å². The summed E-state index contributed by atoms with van der Waals surface area (Å²) in [5.41, 5.74) is 3.18. The van der Waals surface area contributed by atoms with Crippen LogP contribution in [-0.4, -0.2) is 10.9 Å². The minimum atomic E-state index is -0.400. The highest BCUT2D eigenvalue weighted by Gasteiger charge is 2.09. The first-order chi connectivity index (χ1) is 8.70. The predicted molar refractivity (Wildman–Crippen MR) is 63.7 cm³/mol. The molecule has 1 amide bonds. The average molecular weight is 247 g/mol. The van der Waals surface area contributed by atoms with Crippen LogP contribution in [0.3, 0.4) is 0 Å². The molecule has 0 aliphatic carbocycles. The van der Waals surface area contributed by atoms with Crippen LogP contribution in [0.15, 0.2) is 35.1 Å². The van der Waals surface area contributed by atoms with Gasteiger partial charge in [0.1, 0.15) is 24.4 Å². The lowest BCUT2D eigenvalue weighted by Crippen LogP contribution is -2.29. The number of rotatable bonds is 4. The Bertz CT molecular complexity index is 551. The van der Waals surface area contributed by atoms with Gasteiger partial charge in [-0.05, 0) is 25.1 Å². The largest absolute Gasteiger partial charge is 0.484 e. The summed E-state index contributed by atoms with van der Waals surface area (Å²) in [5.74, 6) is 5.84. The van der Waals surface area contributed by atoms with Crippen molar-refractivity contribution in [2.24, 2.45) is 5.84 Å². The molecule has 0 aromatic carbocycles. The summed E-state index contributed by atoms with van der Waals surface area (Å²) in [6.07, 6.45) is 3.02. The topological polar surface area (TPSA) is 90.4 Å². The van der Waals surface area contributed by atoms with Crippen LogP contribution in [0.5, 0.6) is 5.75 Å². The molecular formula is C12H13N3O3. The van der Waals surface area contributed by atoms with E-state index in [0.717, 1.165) is 5.69 Å². The van der Waals surface area contributed by atoms with Crippen LogP contribution in [0, 0.1) is 6.92 Å². The van der Waals surface area contributed by atoms with Crippen molar-refractivity contribution in [1.29, 1.82) is 0 Å². The van der Waals surface area contributed by atoms with E-state index in [4.69, 9.17) is 15.0 Å². The fourth-order valence-corrected chi connectivity index (χ4v) is 1.43. The van der Waals surface area contributed by atoms with Gasteiger partial charge in [-0.15, -0.1) is 0 Å². The summed E-state index contributed by atoms with van der Waals surface area (Å²) in [4.78, 5) is 15.3. The number of aromatic nitrogens is 1. The minimum absolute atomic E-state index is 0.227. The molecule has 94 valence electrons. The molecule has 0 aliphatic rings. The van der Waals surface area contributed by atoms with Crippen LogP contribution in [-0.2, 0) is 6.61 Å². The van der Waals surface area contributed by atoms with Crippen molar-refractivity contribution in [2.45, 2.75) is 13.5 Å². The zero-order valence-electron chi connectivity index (χ0n) is 9.84. The van der Waals surface area contributed by atoms with Crippen molar-refractivity contribution in [3.8, 4) is 5.75 Å². The highest BCUT2D eigenvalue weighted by molar-refractivity contribution is 5.93. The van der Waals surface area contributed by atoms with Crippen LogP contribution in [0.4, 0.5) is 0 Å². The lowest BCUT2D eigenvalue weighted by Gasteiger charge is -2.05. The lowest BCUT2D eigenvalue weighted by atomic mass is 10.3. The average Bonchev–Trinajstić information content (AvgIpc) is 2.86. The number of nitrogens with two attached hydrogens (primary N) is 1. The van der Waals surface area contributed by atoms with Gasteiger partial charge in [0.15, 0.2) is 0 Å². The number of ether oxygens (including phenoxy) is 1. The summed E-state index contributed by atoms with van der Waals surface area (Å²) in [7, 11) is 0. The number of nitrogens with one attached hydrogen (secondary N) is 1. The predicted octanol–water partition coefficient (Wildman–Crippen LogP) is 1.17. The Hall–Kier alpha value is -2.34. The molecule has 0 radical (unpaired) electrons. The fraction of sp³-hybridized carbons (Fsp3) is 0.167. The number of furan rings is 1. The van der Waals surface area contributed by atoms with Crippen molar-refractivity contribution < 1.29 is 13.9 Å². The van der Waals surface area contributed by atoms with Gasteiger partial charge in [-0.1, -0.05) is 0 Å². The SMILES string of the molecule is Cc1ncccc1OCc1cc(C(=O)NN)co1. The maximum Gasteiger partial charge on any atom is 0.268 e.